The van der Waals surface area contributed by atoms with Crippen molar-refractivity contribution < 1.29 is 0 Å². The average Bonchev–Trinajstić information content (AvgIpc) is 1.48. The Labute approximate surface area is 512 Å². The van der Waals surface area contributed by atoms with Gasteiger partial charge < -0.3 is 13.7 Å². The highest BCUT2D eigenvalue weighted by atomic mass is 28.3. The molecule has 0 spiro atoms. The maximum absolute atomic E-state index is 3.08. The van der Waals surface area contributed by atoms with E-state index in [1.165, 1.54) is 109 Å². The van der Waals surface area contributed by atoms with Crippen molar-refractivity contribution in [3.63, 3.8) is 0 Å². The SMILES string of the molecule is c1ccc(-c2cc(-c3ccccc3)cc([Si](c3ccccc3)(c3ccccc3)c3ccc(-c4cc(-n5c6ccccc6c6ccccc65)cc(-n5c6ccccc6c6ccc(-n7c8ccccc8c8cc(-c9ccccc9)ccc87)cc65)c4)cc3)c2)cc1. The standard InChI is InChI=1S/C84H57N3Si/c1-6-24-58(25-7-1)62-44-49-83-78(55-62)76-37-19-23-41-82(76)85(83)66-45-48-77-75-36-18-22-40-81(75)87(84(77)57-66)68-52-65(51-67(56-68)86-79-38-20-16-34-73(79)74-35-17-21-39-80(74)86)61-42-46-71(47-43-61)88(69-30-12-4-13-31-69,70-32-14-5-15-33-70)72-53-63(59-26-8-2-9-27-59)50-64(54-72)60-28-10-3-11-29-60/h1-57H. The van der Waals surface area contributed by atoms with E-state index in [0.717, 1.165) is 39.2 Å². The van der Waals surface area contributed by atoms with E-state index in [4.69, 9.17) is 0 Å². The van der Waals surface area contributed by atoms with Gasteiger partial charge in [0, 0.05) is 49.4 Å². The Morgan fingerprint density at radius 3 is 0.989 bits per heavy atom. The molecule has 17 aromatic rings. The van der Waals surface area contributed by atoms with Crippen molar-refractivity contribution >= 4 is 94.2 Å². The topological polar surface area (TPSA) is 14.8 Å². The summed E-state index contributed by atoms with van der Waals surface area (Å²) in [5.41, 5.74) is 19.8. The quantitative estimate of drug-likeness (QED) is 0.0906. The van der Waals surface area contributed by atoms with Crippen molar-refractivity contribution in [3.05, 3.63) is 346 Å². The summed E-state index contributed by atoms with van der Waals surface area (Å²) in [6.45, 7) is 0. The summed E-state index contributed by atoms with van der Waals surface area (Å²) in [5, 5.41) is 12.6. The van der Waals surface area contributed by atoms with Crippen molar-refractivity contribution in [2.45, 2.75) is 0 Å². The number of para-hydroxylation sites is 4. The molecule has 14 aromatic carbocycles. The van der Waals surface area contributed by atoms with Gasteiger partial charge in [-0.05, 0) is 138 Å². The Morgan fingerprint density at radius 2 is 0.500 bits per heavy atom. The van der Waals surface area contributed by atoms with Crippen LogP contribution in [0.15, 0.2) is 346 Å². The van der Waals surface area contributed by atoms with Crippen LogP contribution < -0.4 is 20.7 Å². The second-order valence-corrected chi connectivity index (χ2v) is 27.0. The predicted molar refractivity (Wildman–Crippen MR) is 375 cm³/mol. The molecular weight excluding hydrogens is 1080 g/mol. The van der Waals surface area contributed by atoms with Crippen LogP contribution in [0.2, 0.25) is 0 Å². The third-order valence-corrected chi connectivity index (χ3v) is 23.1. The van der Waals surface area contributed by atoms with Crippen LogP contribution in [0.5, 0.6) is 0 Å². The van der Waals surface area contributed by atoms with E-state index >= 15 is 0 Å². The fourth-order valence-electron chi connectivity index (χ4n) is 14.4. The van der Waals surface area contributed by atoms with Crippen molar-refractivity contribution in [2.24, 2.45) is 0 Å². The monoisotopic (exact) mass is 1140 g/mol. The molecular formula is C84H57N3Si. The Kier molecular flexibility index (Phi) is 12.2. The highest BCUT2D eigenvalue weighted by Crippen LogP contribution is 2.41. The van der Waals surface area contributed by atoms with E-state index in [0.29, 0.717) is 0 Å². The molecule has 0 bridgehead atoms. The van der Waals surface area contributed by atoms with Crippen LogP contribution in [0.4, 0.5) is 0 Å². The zero-order chi connectivity index (χ0) is 58.1. The molecule has 88 heavy (non-hydrogen) atoms. The van der Waals surface area contributed by atoms with Crippen LogP contribution in [-0.2, 0) is 0 Å². The van der Waals surface area contributed by atoms with Crippen LogP contribution in [0.3, 0.4) is 0 Å². The molecule has 412 valence electrons. The summed E-state index contributed by atoms with van der Waals surface area (Å²) in [7, 11) is -3.08. The van der Waals surface area contributed by atoms with Crippen molar-refractivity contribution in [1.29, 1.82) is 0 Å². The largest absolute Gasteiger partial charge is 0.309 e. The highest BCUT2D eigenvalue weighted by Gasteiger charge is 2.42. The summed E-state index contributed by atoms with van der Waals surface area (Å²) in [6.07, 6.45) is 0. The third-order valence-electron chi connectivity index (χ3n) is 18.3. The van der Waals surface area contributed by atoms with Crippen LogP contribution >= 0.6 is 0 Å². The smallest absolute Gasteiger partial charge is 0.179 e. The number of nitrogens with zero attached hydrogens (tertiary/aromatic N) is 3. The van der Waals surface area contributed by atoms with E-state index < -0.39 is 8.07 Å². The molecule has 3 heterocycles. The van der Waals surface area contributed by atoms with E-state index in [9.17, 15) is 0 Å². The first-order valence-electron chi connectivity index (χ1n) is 30.4. The first kappa shape index (κ1) is 51.1. The van der Waals surface area contributed by atoms with Crippen LogP contribution in [0, 0.1) is 0 Å². The van der Waals surface area contributed by atoms with Gasteiger partial charge in [0.2, 0.25) is 0 Å². The second kappa shape index (κ2) is 21.0. The normalized spacial score (nSPS) is 11.9. The maximum Gasteiger partial charge on any atom is 0.179 e. The summed E-state index contributed by atoms with van der Waals surface area (Å²) >= 11 is 0. The lowest BCUT2D eigenvalue weighted by Crippen LogP contribution is -2.74. The first-order valence-corrected chi connectivity index (χ1v) is 32.4. The Bertz CT molecular complexity index is 5320. The number of fused-ring (bicyclic) bond motifs is 9. The van der Waals surface area contributed by atoms with Gasteiger partial charge in [-0.15, -0.1) is 0 Å². The maximum atomic E-state index is 2.51. The van der Waals surface area contributed by atoms with Gasteiger partial charge in [-0.3, -0.25) is 0 Å². The predicted octanol–water partition coefficient (Wildman–Crippen LogP) is 19.0. The number of hydrogen-bond acceptors (Lipinski definition) is 0. The number of hydrogen-bond donors (Lipinski definition) is 0. The van der Waals surface area contributed by atoms with Gasteiger partial charge >= 0.3 is 0 Å². The van der Waals surface area contributed by atoms with Gasteiger partial charge in [0.15, 0.2) is 8.07 Å². The van der Waals surface area contributed by atoms with Gasteiger partial charge in [0.1, 0.15) is 0 Å². The van der Waals surface area contributed by atoms with Crippen molar-refractivity contribution in [1.82, 2.24) is 13.7 Å². The summed E-state index contributed by atoms with van der Waals surface area (Å²) < 4.78 is 7.44. The fraction of sp³-hybridized carbons (Fsp3) is 0. The fourth-order valence-corrected chi connectivity index (χ4v) is 19.2. The van der Waals surface area contributed by atoms with Gasteiger partial charge in [0.25, 0.3) is 0 Å². The van der Waals surface area contributed by atoms with Gasteiger partial charge in [-0.25, -0.2) is 0 Å². The Balaban J connectivity index is 0.898. The molecule has 0 aliphatic heterocycles. The zero-order valence-corrected chi connectivity index (χ0v) is 49.3. The summed E-state index contributed by atoms with van der Waals surface area (Å²) in [6, 6.07) is 129. The summed E-state index contributed by atoms with van der Waals surface area (Å²) in [4.78, 5) is 0. The van der Waals surface area contributed by atoms with E-state index in [-0.39, 0.29) is 0 Å². The van der Waals surface area contributed by atoms with Crippen LogP contribution in [-0.4, -0.2) is 21.8 Å². The lowest BCUT2D eigenvalue weighted by atomic mass is 9.99. The minimum absolute atomic E-state index is 1.08. The Hall–Kier alpha value is -11.3. The van der Waals surface area contributed by atoms with E-state index in [1.54, 1.807) is 0 Å². The van der Waals surface area contributed by atoms with Gasteiger partial charge in [-0.1, -0.05) is 273 Å². The molecule has 3 nitrogen and oxygen atoms in total. The molecule has 0 N–H and O–H groups in total. The van der Waals surface area contributed by atoms with Gasteiger partial charge in [0.05, 0.1) is 33.1 Å². The van der Waals surface area contributed by atoms with Crippen LogP contribution in [0.1, 0.15) is 0 Å². The van der Waals surface area contributed by atoms with Gasteiger partial charge in [-0.2, -0.15) is 0 Å². The first-order chi connectivity index (χ1) is 43.6. The lowest BCUT2D eigenvalue weighted by Gasteiger charge is -2.35. The minimum atomic E-state index is -3.08. The molecule has 0 aliphatic rings. The molecule has 4 heteroatoms. The average molecular weight is 1140 g/mol. The Morgan fingerprint density at radius 1 is 0.159 bits per heavy atom. The van der Waals surface area contributed by atoms with Crippen molar-refractivity contribution in [2.75, 3.05) is 0 Å². The number of rotatable bonds is 11. The third kappa shape index (κ3) is 8.33. The molecule has 0 saturated heterocycles. The van der Waals surface area contributed by atoms with E-state index in [1.807, 2.05) is 0 Å². The molecule has 0 amide bonds. The summed E-state index contributed by atoms with van der Waals surface area (Å²) in [5.74, 6) is 0. The molecule has 0 radical (unpaired) electrons. The molecule has 17 rings (SSSR count). The van der Waals surface area contributed by atoms with Crippen molar-refractivity contribution in [3.8, 4) is 61.6 Å². The van der Waals surface area contributed by atoms with E-state index in [2.05, 4.69) is 359 Å². The van der Waals surface area contributed by atoms with Crippen LogP contribution in [0.25, 0.3) is 127 Å². The molecule has 3 aromatic heterocycles. The highest BCUT2D eigenvalue weighted by molar-refractivity contribution is 7.20. The second-order valence-electron chi connectivity index (χ2n) is 23.2. The molecule has 0 saturated carbocycles. The minimum Gasteiger partial charge on any atom is -0.309 e. The molecule has 0 aliphatic carbocycles. The molecule has 0 fully saturated rings. The molecule has 0 atom stereocenters. The zero-order valence-electron chi connectivity index (χ0n) is 48.3. The molecule has 0 unspecified atom stereocenters. The lowest BCUT2D eigenvalue weighted by molar-refractivity contribution is 1.13. The number of aromatic nitrogens is 3. The number of benzene rings is 14.